The molecule has 2 rings (SSSR count). The van der Waals surface area contributed by atoms with Crippen molar-refractivity contribution in [2.75, 3.05) is 21.1 Å². The highest BCUT2D eigenvalue weighted by atomic mass is 16.5. The van der Waals surface area contributed by atoms with Crippen LogP contribution < -0.4 is 10.6 Å². The molecule has 0 aliphatic heterocycles. The van der Waals surface area contributed by atoms with Crippen LogP contribution in [0.5, 0.6) is 0 Å². The van der Waals surface area contributed by atoms with E-state index in [0.29, 0.717) is 12.5 Å². The molecule has 0 saturated heterocycles. The van der Waals surface area contributed by atoms with Gasteiger partial charge in [0.1, 0.15) is 0 Å². The van der Waals surface area contributed by atoms with Crippen LogP contribution in [0.3, 0.4) is 0 Å². The summed E-state index contributed by atoms with van der Waals surface area (Å²) in [6.07, 6.45) is 2.15. The van der Waals surface area contributed by atoms with Gasteiger partial charge in [-0.05, 0) is 38.1 Å². The minimum Gasteiger partial charge on any atom is -0.359 e. The Kier molecular flexibility index (Phi) is 8.33. The van der Waals surface area contributed by atoms with Crippen LogP contribution in [0.1, 0.15) is 55.2 Å². The number of benzene rings is 1. The number of aromatic nitrogens is 1. The molecule has 0 bridgehead atoms. The maximum absolute atomic E-state index is 5.46. The van der Waals surface area contributed by atoms with Crippen molar-refractivity contribution in [3.8, 4) is 0 Å². The molecule has 0 amide bonds. The Morgan fingerprint density at radius 3 is 2.48 bits per heavy atom. The van der Waals surface area contributed by atoms with Gasteiger partial charge >= 0.3 is 0 Å². The van der Waals surface area contributed by atoms with E-state index in [4.69, 9.17) is 4.52 Å². The quantitative estimate of drug-likeness (QED) is 0.522. The molecule has 0 atom stereocenters. The fraction of sp³-hybridized carbons (Fsp3) is 0.524. The smallest absolute Gasteiger partial charge is 0.191 e. The normalized spacial score (nSPS) is 12.0. The van der Waals surface area contributed by atoms with Crippen molar-refractivity contribution in [2.24, 2.45) is 4.99 Å². The minimum atomic E-state index is 0.467. The third-order valence-corrected chi connectivity index (χ3v) is 4.58. The molecule has 0 aliphatic rings. The average molecular weight is 372 g/mol. The van der Waals surface area contributed by atoms with Crippen molar-refractivity contribution in [3.63, 3.8) is 0 Å². The fourth-order valence-corrected chi connectivity index (χ4v) is 3.09. The van der Waals surface area contributed by atoms with Crippen LogP contribution >= 0.6 is 0 Å². The molecule has 1 heterocycles. The molecule has 2 aromatic rings. The Balaban J connectivity index is 1.86. The fourth-order valence-electron chi connectivity index (χ4n) is 3.09. The van der Waals surface area contributed by atoms with E-state index in [2.05, 4.69) is 77.9 Å². The van der Waals surface area contributed by atoms with Gasteiger partial charge in [0.2, 0.25) is 0 Å². The molecule has 6 nitrogen and oxygen atoms in total. The molecule has 0 unspecified atom stereocenters. The van der Waals surface area contributed by atoms with Crippen molar-refractivity contribution < 1.29 is 4.52 Å². The lowest BCUT2D eigenvalue weighted by Gasteiger charge is -2.13. The lowest BCUT2D eigenvalue weighted by Crippen LogP contribution is -2.36. The number of hydrogen-bond donors (Lipinski definition) is 2. The predicted molar refractivity (Wildman–Crippen MR) is 111 cm³/mol. The second-order valence-corrected chi connectivity index (χ2v) is 7.07. The summed E-state index contributed by atoms with van der Waals surface area (Å²) >= 11 is 0. The van der Waals surface area contributed by atoms with E-state index in [9.17, 15) is 0 Å². The Bertz CT molecular complexity index is 719. The second kappa shape index (κ2) is 10.7. The van der Waals surface area contributed by atoms with Crippen molar-refractivity contribution in [3.05, 3.63) is 52.9 Å². The highest BCUT2D eigenvalue weighted by Crippen LogP contribution is 2.22. The first kappa shape index (κ1) is 21.0. The molecule has 0 spiro atoms. The van der Waals surface area contributed by atoms with Gasteiger partial charge in [0.15, 0.2) is 11.7 Å². The number of hydrogen-bond acceptors (Lipinski definition) is 4. The lowest BCUT2D eigenvalue weighted by molar-refractivity contribution is 0.368. The first-order chi connectivity index (χ1) is 13.0. The summed E-state index contributed by atoms with van der Waals surface area (Å²) in [5.41, 5.74) is 3.57. The first-order valence-corrected chi connectivity index (χ1v) is 9.68. The van der Waals surface area contributed by atoms with Crippen molar-refractivity contribution in [1.29, 1.82) is 0 Å². The highest BCUT2D eigenvalue weighted by molar-refractivity contribution is 5.79. The standard InChI is InChI=1S/C21H33N5O/c1-6-18(7-2)20-12-19(27-25-20)14-24-21(22-3)23-13-16-9-8-10-17(11-16)15-26(4)5/h8-12,18H,6-7,13-15H2,1-5H3,(H2,22,23,24). The second-order valence-electron chi connectivity index (χ2n) is 7.07. The Morgan fingerprint density at radius 1 is 1.11 bits per heavy atom. The summed E-state index contributed by atoms with van der Waals surface area (Å²) < 4.78 is 5.46. The number of guanidine groups is 1. The Labute approximate surface area is 163 Å². The van der Waals surface area contributed by atoms with E-state index in [1.54, 1.807) is 7.05 Å². The lowest BCUT2D eigenvalue weighted by atomic mass is 9.99. The molecule has 0 aliphatic carbocycles. The molecule has 1 aromatic carbocycles. The molecule has 6 heteroatoms. The predicted octanol–water partition coefficient (Wildman–Crippen LogP) is 3.51. The van der Waals surface area contributed by atoms with Gasteiger partial charge in [-0.2, -0.15) is 0 Å². The van der Waals surface area contributed by atoms with Gasteiger partial charge in [-0.1, -0.05) is 43.3 Å². The molecular formula is C21H33N5O. The number of nitrogens with one attached hydrogen (secondary N) is 2. The third-order valence-electron chi connectivity index (χ3n) is 4.58. The van der Waals surface area contributed by atoms with Crippen LogP contribution in [0.4, 0.5) is 0 Å². The molecule has 1 aromatic heterocycles. The van der Waals surface area contributed by atoms with Gasteiger partial charge in [0, 0.05) is 32.1 Å². The highest BCUT2D eigenvalue weighted by Gasteiger charge is 2.13. The zero-order valence-electron chi connectivity index (χ0n) is 17.2. The zero-order chi connectivity index (χ0) is 19.6. The minimum absolute atomic E-state index is 0.467. The first-order valence-electron chi connectivity index (χ1n) is 9.68. The molecular weight excluding hydrogens is 338 g/mol. The van der Waals surface area contributed by atoms with E-state index in [1.165, 1.54) is 11.1 Å². The molecule has 27 heavy (non-hydrogen) atoms. The van der Waals surface area contributed by atoms with Gasteiger partial charge in [0.25, 0.3) is 0 Å². The van der Waals surface area contributed by atoms with E-state index in [0.717, 1.165) is 43.3 Å². The number of nitrogens with zero attached hydrogens (tertiary/aromatic N) is 3. The molecule has 0 radical (unpaired) electrons. The average Bonchev–Trinajstić information content (AvgIpc) is 3.11. The maximum Gasteiger partial charge on any atom is 0.191 e. The molecule has 2 N–H and O–H groups in total. The summed E-state index contributed by atoms with van der Waals surface area (Å²) in [5, 5.41) is 10.8. The van der Waals surface area contributed by atoms with Gasteiger partial charge < -0.3 is 20.1 Å². The Morgan fingerprint density at radius 2 is 1.81 bits per heavy atom. The maximum atomic E-state index is 5.46. The summed E-state index contributed by atoms with van der Waals surface area (Å²) in [6.45, 7) is 6.58. The SMILES string of the molecule is CCC(CC)c1cc(CNC(=NC)NCc2cccc(CN(C)C)c2)on1. The largest absolute Gasteiger partial charge is 0.359 e. The molecule has 0 saturated carbocycles. The molecule has 148 valence electrons. The van der Waals surface area contributed by atoms with Crippen LogP contribution in [0.15, 0.2) is 39.8 Å². The summed E-state index contributed by atoms with van der Waals surface area (Å²) in [5.74, 6) is 2.04. The van der Waals surface area contributed by atoms with E-state index >= 15 is 0 Å². The monoisotopic (exact) mass is 371 g/mol. The summed E-state index contributed by atoms with van der Waals surface area (Å²) in [6, 6.07) is 10.6. The van der Waals surface area contributed by atoms with Gasteiger partial charge in [-0.3, -0.25) is 4.99 Å². The van der Waals surface area contributed by atoms with Crippen molar-refractivity contribution in [2.45, 2.75) is 52.2 Å². The van der Waals surface area contributed by atoms with Crippen LogP contribution in [0.25, 0.3) is 0 Å². The Hall–Kier alpha value is -2.34. The third kappa shape index (κ3) is 6.71. The van der Waals surface area contributed by atoms with E-state index in [-0.39, 0.29) is 0 Å². The van der Waals surface area contributed by atoms with Gasteiger partial charge in [0.05, 0.1) is 12.2 Å². The van der Waals surface area contributed by atoms with Crippen LogP contribution in [0, 0.1) is 0 Å². The van der Waals surface area contributed by atoms with E-state index < -0.39 is 0 Å². The number of rotatable bonds is 9. The van der Waals surface area contributed by atoms with E-state index in [1.807, 2.05) is 6.07 Å². The van der Waals surface area contributed by atoms with Crippen LogP contribution in [-0.2, 0) is 19.6 Å². The van der Waals surface area contributed by atoms with Crippen molar-refractivity contribution in [1.82, 2.24) is 20.7 Å². The molecule has 0 fully saturated rings. The topological polar surface area (TPSA) is 65.7 Å². The van der Waals surface area contributed by atoms with Crippen LogP contribution in [-0.4, -0.2) is 37.2 Å². The van der Waals surface area contributed by atoms with Gasteiger partial charge in [-0.15, -0.1) is 0 Å². The summed E-state index contributed by atoms with van der Waals surface area (Å²) in [4.78, 5) is 6.45. The van der Waals surface area contributed by atoms with Gasteiger partial charge in [-0.25, -0.2) is 0 Å². The van der Waals surface area contributed by atoms with Crippen LogP contribution in [0.2, 0.25) is 0 Å². The summed E-state index contributed by atoms with van der Waals surface area (Å²) in [7, 11) is 5.93. The van der Waals surface area contributed by atoms with Crippen molar-refractivity contribution >= 4 is 5.96 Å². The zero-order valence-corrected chi connectivity index (χ0v) is 17.2. The number of aliphatic imine (C=N–C) groups is 1.